The van der Waals surface area contributed by atoms with Gasteiger partial charge in [0.25, 0.3) is 0 Å². The van der Waals surface area contributed by atoms with Crippen molar-refractivity contribution < 1.29 is 14.3 Å². The van der Waals surface area contributed by atoms with Gasteiger partial charge in [-0.1, -0.05) is 49.4 Å². The number of amides is 2. The first-order chi connectivity index (χ1) is 14.0. The Bertz CT molecular complexity index is 894. The van der Waals surface area contributed by atoms with Crippen LogP contribution < -0.4 is 4.74 Å². The van der Waals surface area contributed by atoms with Gasteiger partial charge in [-0.3, -0.25) is 14.5 Å². The van der Waals surface area contributed by atoms with Crippen molar-refractivity contribution in [3.8, 4) is 5.75 Å². The predicted octanol–water partition coefficient (Wildman–Crippen LogP) is 4.37. The van der Waals surface area contributed by atoms with Gasteiger partial charge in [0.15, 0.2) is 0 Å². The molecule has 4 rings (SSSR count). The Hall–Kier alpha value is -2.62. The number of carbonyl (C=O) groups is 2. The number of hydrogen-bond acceptors (Lipinski definition) is 3. The highest BCUT2D eigenvalue weighted by Crippen LogP contribution is 2.52. The lowest BCUT2D eigenvalue weighted by Crippen LogP contribution is -2.58. The molecule has 0 aromatic heterocycles. The van der Waals surface area contributed by atoms with E-state index in [2.05, 4.69) is 13.0 Å². The Kier molecular flexibility index (Phi) is 5.44. The molecule has 1 saturated carbocycles. The average molecular weight is 392 g/mol. The van der Waals surface area contributed by atoms with Crippen LogP contribution in [0.15, 0.2) is 54.6 Å². The largest absolute Gasteiger partial charge is 0.497 e. The lowest BCUT2D eigenvalue weighted by Gasteiger charge is -2.50. The molecule has 2 amide bonds. The highest BCUT2D eigenvalue weighted by Gasteiger charge is 2.54. The van der Waals surface area contributed by atoms with E-state index in [0.717, 1.165) is 36.1 Å². The maximum Gasteiger partial charge on any atom is 0.233 e. The van der Waals surface area contributed by atoms with E-state index in [1.807, 2.05) is 48.5 Å². The van der Waals surface area contributed by atoms with Gasteiger partial charge < -0.3 is 4.74 Å². The summed E-state index contributed by atoms with van der Waals surface area (Å²) in [6.07, 6.45) is 3.84. The molecule has 4 heteroatoms. The van der Waals surface area contributed by atoms with Crippen molar-refractivity contribution in [2.45, 2.75) is 44.4 Å². The summed E-state index contributed by atoms with van der Waals surface area (Å²) in [6.45, 7) is 2.69. The van der Waals surface area contributed by atoms with Crippen LogP contribution in [-0.4, -0.2) is 30.4 Å². The molecule has 1 saturated heterocycles. The molecule has 4 nitrogen and oxygen atoms in total. The van der Waals surface area contributed by atoms with Gasteiger partial charge in [-0.15, -0.1) is 0 Å². The maximum atomic E-state index is 13.5. The highest BCUT2D eigenvalue weighted by atomic mass is 16.5. The number of nitrogens with zero attached hydrogens (tertiary/aromatic N) is 1. The van der Waals surface area contributed by atoms with E-state index in [4.69, 9.17) is 4.74 Å². The number of piperidine rings is 1. The third-order valence-corrected chi connectivity index (χ3v) is 6.77. The van der Waals surface area contributed by atoms with Gasteiger partial charge in [0.05, 0.1) is 7.11 Å². The number of hydrogen-bond donors (Lipinski definition) is 0. The number of methoxy groups -OCH3 is 1. The number of imide groups is 1. The summed E-state index contributed by atoms with van der Waals surface area (Å²) < 4.78 is 5.43. The van der Waals surface area contributed by atoms with Gasteiger partial charge in [0.1, 0.15) is 5.75 Å². The van der Waals surface area contributed by atoms with E-state index in [1.54, 1.807) is 7.11 Å². The second kappa shape index (κ2) is 8.02. The van der Waals surface area contributed by atoms with E-state index in [9.17, 15) is 9.59 Å². The Morgan fingerprint density at radius 2 is 1.86 bits per heavy atom. The Morgan fingerprint density at radius 3 is 2.62 bits per heavy atom. The quantitative estimate of drug-likeness (QED) is 0.711. The number of likely N-dealkylation sites (tertiary alicyclic amines) is 1. The predicted molar refractivity (Wildman–Crippen MR) is 113 cm³/mol. The van der Waals surface area contributed by atoms with Crippen LogP contribution in [0.2, 0.25) is 0 Å². The van der Waals surface area contributed by atoms with E-state index in [0.29, 0.717) is 25.3 Å². The third kappa shape index (κ3) is 3.68. The molecule has 0 spiro atoms. The van der Waals surface area contributed by atoms with E-state index >= 15 is 0 Å². The summed E-state index contributed by atoms with van der Waals surface area (Å²) in [5.41, 5.74) is 1.80. The highest BCUT2D eigenvalue weighted by molar-refractivity contribution is 6.01. The summed E-state index contributed by atoms with van der Waals surface area (Å²) in [5.74, 6) is 1.10. The molecule has 0 bridgehead atoms. The first-order valence-corrected chi connectivity index (χ1v) is 10.6. The molecule has 0 radical (unpaired) electrons. The van der Waals surface area contributed by atoms with Crippen molar-refractivity contribution in [3.63, 3.8) is 0 Å². The lowest BCUT2D eigenvalue weighted by atomic mass is 9.56. The van der Waals surface area contributed by atoms with Crippen LogP contribution in [0.1, 0.15) is 43.7 Å². The molecular weight excluding hydrogens is 362 g/mol. The van der Waals surface area contributed by atoms with Gasteiger partial charge in [0.2, 0.25) is 11.8 Å². The number of fused-ring (bicyclic) bond motifs is 1. The zero-order valence-electron chi connectivity index (χ0n) is 17.3. The van der Waals surface area contributed by atoms with Gasteiger partial charge in [0, 0.05) is 24.3 Å². The van der Waals surface area contributed by atoms with Crippen molar-refractivity contribution in [1.29, 1.82) is 0 Å². The fourth-order valence-corrected chi connectivity index (χ4v) is 5.30. The third-order valence-electron chi connectivity index (χ3n) is 6.77. The summed E-state index contributed by atoms with van der Waals surface area (Å²) in [7, 11) is 1.65. The van der Waals surface area contributed by atoms with E-state index in [1.165, 1.54) is 4.90 Å². The first kappa shape index (κ1) is 19.7. The fraction of sp³-hybridized carbons (Fsp3) is 0.440. The van der Waals surface area contributed by atoms with Crippen LogP contribution >= 0.6 is 0 Å². The Balaban J connectivity index is 1.63. The van der Waals surface area contributed by atoms with Crippen molar-refractivity contribution in [2.75, 3.05) is 13.7 Å². The summed E-state index contributed by atoms with van der Waals surface area (Å²) in [5, 5.41) is 0. The summed E-state index contributed by atoms with van der Waals surface area (Å²) in [6, 6.07) is 18.0. The number of rotatable bonds is 5. The molecule has 2 aromatic carbocycles. The molecule has 1 heterocycles. The van der Waals surface area contributed by atoms with Crippen LogP contribution in [0, 0.1) is 11.8 Å². The summed E-state index contributed by atoms with van der Waals surface area (Å²) in [4.78, 5) is 28.2. The summed E-state index contributed by atoms with van der Waals surface area (Å²) >= 11 is 0. The van der Waals surface area contributed by atoms with E-state index in [-0.39, 0.29) is 17.7 Å². The van der Waals surface area contributed by atoms with E-state index < -0.39 is 5.41 Å². The number of ether oxygens (including phenoxy) is 1. The molecule has 3 unspecified atom stereocenters. The fourth-order valence-electron chi connectivity index (χ4n) is 5.30. The molecular formula is C25H29NO3. The number of benzene rings is 2. The maximum absolute atomic E-state index is 13.5. The Labute approximate surface area is 172 Å². The normalized spacial score (nSPS) is 26.9. The molecule has 29 heavy (non-hydrogen) atoms. The van der Waals surface area contributed by atoms with Crippen LogP contribution in [0.5, 0.6) is 5.75 Å². The van der Waals surface area contributed by atoms with Crippen molar-refractivity contribution in [3.05, 3.63) is 65.7 Å². The molecule has 2 fully saturated rings. The standard InChI is InChI=1S/C25H29NO3/c1-18-11-12-22-24(28)26(14-13-19-7-4-3-5-8-19)23(27)17-25(22,16-18)20-9-6-10-21(15-20)29-2/h3-10,15,18,22H,11-14,16-17H2,1-2H3. The molecule has 3 atom stereocenters. The van der Waals surface area contributed by atoms with Gasteiger partial charge >= 0.3 is 0 Å². The minimum Gasteiger partial charge on any atom is -0.497 e. The van der Waals surface area contributed by atoms with Crippen LogP contribution in [0.4, 0.5) is 0 Å². The molecule has 2 aliphatic rings. The minimum atomic E-state index is -0.413. The molecule has 1 aliphatic carbocycles. The second-order valence-corrected chi connectivity index (χ2v) is 8.62. The van der Waals surface area contributed by atoms with Gasteiger partial charge in [-0.25, -0.2) is 0 Å². The van der Waals surface area contributed by atoms with Crippen LogP contribution in [-0.2, 0) is 21.4 Å². The topological polar surface area (TPSA) is 46.6 Å². The number of carbonyl (C=O) groups excluding carboxylic acids is 2. The SMILES string of the molecule is COc1cccc(C23CC(=O)N(CCc4ccccc4)C(=O)C2CCC(C)C3)c1. The van der Waals surface area contributed by atoms with Crippen LogP contribution in [0.25, 0.3) is 0 Å². The van der Waals surface area contributed by atoms with Crippen LogP contribution in [0.3, 0.4) is 0 Å². The zero-order chi connectivity index (χ0) is 20.4. The minimum absolute atomic E-state index is 0.00639. The molecule has 0 N–H and O–H groups in total. The first-order valence-electron chi connectivity index (χ1n) is 10.6. The van der Waals surface area contributed by atoms with Crippen molar-refractivity contribution >= 4 is 11.8 Å². The smallest absolute Gasteiger partial charge is 0.233 e. The van der Waals surface area contributed by atoms with Crippen molar-refractivity contribution in [2.24, 2.45) is 11.8 Å². The lowest BCUT2D eigenvalue weighted by molar-refractivity contribution is -0.158. The Morgan fingerprint density at radius 1 is 1.07 bits per heavy atom. The zero-order valence-corrected chi connectivity index (χ0v) is 17.3. The average Bonchev–Trinajstić information content (AvgIpc) is 2.74. The molecule has 152 valence electrons. The monoisotopic (exact) mass is 391 g/mol. The molecule has 2 aromatic rings. The van der Waals surface area contributed by atoms with Gasteiger partial charge in [-0.05, 0) is 54.9 Å². The van der Waals surface area contributed by atoms with Gasteiger partial charge in [-0.2, -0.15) is 0 Å². The van der Waals surface area contributed by atoms with Crippen molar-refractivity contribution in [1.82, 2.24) is 4.90 Å². The molecule has 1 aliphatic heterocycles. The second-order valence-electron chi connectivity index (χ2n) is 8.62.